The summed E-state index contributed by atoms with van der Waals surface area (Å²) in [5.41, 5.74) is 6.37. The molecule has 3 N–H and O–H groups in total. The Kier molecular flexibility index (Phi) is 5.10. The predicted octanol–water partition coefficient (Wildman–Crippen LogP) is 2.55. The number of nitrogens with two attached hydrogens (primary N) is 1. The molecule has 0 saturated heterocycles. The molecule has 0 aliphatic rings. The van der Waals surface area contributed by atoms with Crippen LogP contribution in [0.3, 0.4) is 0 Å². The van der Waals surface area contributed by atoms with Gasteiger partial charge < -0.3 is 10.8 Å². The lowest BCUT2D eigenvalue weighted by Gasteiger charge is -2.31. The highest BCUT2D eigenvalue weighted by Gasteiger charge is 2.25. The van der Waals surface area contributed by atoms with Crippen LogP contribution >= 0.6 is 0 Å². The van der Waals surface area contributed by atoms with Gasteiger partial charge in [-0.15, -0.1) is 0 Å². The molecule has 86 valence electrons. The van der Waals surface area contributed by atoms with Gasteiger partial charge in [-0.1, -0.05) is 41.0 Å². The monoisotopic (exact) mass is 201 g/mol. The van der Waals surface area contributed by atoms with E-state index in [0.29, 0.717) is 5.41 Å². The van der Waals surface area contributed by atoms with Crippen LogP contribution in [0.1, 0.15) is 53.9 Å². The van der Waals surface area contributed by atoms with Gasteiger partial charge in [-0.3, -0.25) is 0 Å². The summed E-state index contributed by atoms with van der Waals surface area (Å²) in [4.78, 5) is 0. The minimum atomic E-state index is -0.0385. The van der Waals surface area contributed by atoms with Gasteiger partial charge in [0.1, 0.15) is 0 Å². The van der Waals surface area contributed by atoms with Gasteiger partial charge in [-0.05, 0) is 23.7 Å². The largest absolute Gasteiger partial charge is 0.396 e. The summed E-state index contributed by atoms with van der Waals surface area (Å²) in [6.45, 7) is 11.0. The first-order valence-corrected chi connectivity index (χ1v) is 5.59. The van der Waals surface area contributed by atoms with Gasteiger partial charge in [0, 0.05) is 12.6 Å². The fourth-order valence-corrected chi connectivity index (χ4v) is 1.70. The quantitative estimate of drug-likeness (QED) is 0.693. The average Bonchev–Trinajstić information content (AvgIpc) is 2.02. The number of aliphatic hydroxyl groups is 1. The summed E-state index contributed by atoms with van der Waals surface area (Å²) >= 11 is 0. The Hall–Kier alpha value is -0.0800. The highest BCUT2D eigenvalue weighted by Crippen LogP contribution is 2.30. The van der Waals surface area contributed by atoms with Crippen LogP contribution < -0.4 is 5.73 Å². The van der Waals surface area contributed by atoms with E-state index in [1.165, 1.54) is 0 Å². The molecule has 0 saturated carbocycles. The molecule has 2 nitrogen and oxygen atoms in total. The summed E-state index contributed by atoms with van der Waals surface area (Å²) in [6.07, 6.45) is 3.08. The molecular weight excluding hydrogens is 174 g/mol. The number of hydrogen-bond acceptors (Lipinski definition) is 2. The lowest BCUT2D eigenvalue weighted by Crippen LogP contribution is -2.33. The van der Waals surface area contributed by atoms with Gasteiger partial charge >= 0.3 is 0 Å². The number of hydrogen-bond donors (Lipinski definition) is 2. The second kappa shape index (κ2) is 5.13. The molecule has 14 heavy (non-hydrogen) atoms. The van der Waals surface area contributed by atoms with Crippen molar-refractivity contribution in [1.29, 1.82) is 0 Å². The first-order chi connectivity index (χ1) is 6.22. The lowest BCUT2D eigenvalue weighted by atomic mass is 9.78. The Balaban J connectivity index is 4.04. The molecule has 0 amide bonds. The first-order valence-electron chi connectivity index (χ1n) is 5.59. The molecule has 0 fully saturated rings. The normalized spacial score (nSPS) is 15.6. The molecule has 0 aromatic carbocycles. The third-order valence-corrected chi connectivity index (χ3v) is 3.01. The zero-order valence-electron chi connectivity index (χ0n) is 10.4. The van der Waals surface area contributed by atoms with Crippen molar-refractivity contribution in [2.75, 3.05) is 6.61 Å². The van der Waals surface area contributed by atoms with Crippen LogP contribution in [0.5, 0.6) is 0 Å². The molecule has 0 aliphatic heterocycles. The minimum Gasteiger partial charge on any atom is -0.396 e. The SMILES string of the molecule is CCC(C)(C)CC(N)CC(C)(C)CO. The fraction of sp³-hybridized carbons (Fsp3) is 1.00. The summed E-state index contributed by atoms with van der Waals surface area (Å²) in [5.74, 6) is 0. The van der Waals surface area contributed by atoms with Crippen molar-refractivity contribution in [3.8, 4) is 0 Å². The zero-order chi connectivity index (χ0) is 11.4. The molecule has 0 bridgehead atoms. The van der Waals surface area contributed by atoms with Crippen molar-refractivity contribution < 1.29 is 5.11 Å². The Bertz CT molecular complexity index is 146. The Labute approximate surface area is 88.9 Å². The number of rotatable bonds is 6. The van der Waals surface area contributed by atoms with Crippen LogP contribution in [-0.2, 0) is 0 Å². The maximum absolute atomic E-state index is 9.14. The summed E-state index contributed by atoms with van der Waals surface area (Å²) in [6, 6.07) is 0.201. The Morgan fingerprint density at radius 1 is 1.07 bits per heavy atom. The third kappa shape index (κ3) is 5.61. The van der Waals surface area contributed by atoms with E-state index in [1.54, 1.807) is 0 Å². The van der Waals surface area contributed by atoms with Crippen molar-refractivity contribution in [2.45, 2.75) is 59.9 Å². The van der Waals surface area contributed by atoms with Crippen molar-refractivity contribution in [3.05, 3.63) is 0 Å². The zero-order valence-corrected chi connectivity index (χ0v) is 10.4. The first kappa shape index (κ1) is 13.9. The van der Waals surface area contributed by atoms with E-state index < -0.39 is 0 Å². The molecule has 0 aliphatic carbocycles. The molecular formula is C12H27NO. The topological polar surface area (TPSA) is 46.2 Å². The highest BCUT2D eigenvalue weighted by molar-refractivity contribution is 4.80. The van der Waals surface area contributed by atoms with Crippen LogP contribution in [0.4, 0.5) is 0 Å². The molecule has 0 aromatic rings. The van der Waals surface area contributed by atoms with Gasteiger partial charge in [-0.2, -0.15) is 0 Å². The van der Waals surface area contributed by atoms with E-state index >= 15 is 0 Å². The second-order valence-electron chi connectivity index (χ2n) is 6.01. The summed E-state index contributed by atoms with van der Waals surface area (Å²) in [7, 11) is 0. The van der Waals surface area contributed by atoms with Crippen molar-refractivity contribution >= 4 is 0 Å². The van der Waals surface area contributed by atoms with Gasteiger partial charge in [0.15, 0.2) is 0 Å². The van der Waals surface area contributed by atoms with Crippen molar-refractivity contribution in [1.82, 2.24) is 0 Å². The van der Waals surface area contributed by atoms with E-state index in [2.05, 4.69) is 34.6 Å². The van der Waals surface area contributed by atoms with E-state index in [0.717, 1.165) is 19.3 Å². The van der Waals surface area contributed by atoms with Crippen LogP contribution in [0.15, 0.2) is 0 Å². The molecule has 1 unspecified atom stereocenters. The Morgan fingerprint density at radius 3 is 1.86 bits per heavy atom. The van der Waals surface area contributed by atoms with E-state index in [9.17, 15) is 0 Å². The highest BCUT2D eigenvalue weighted by atomic mass is 16.3. The summed E-state index contributed by atoms with van der Waals surface area (Å²) < 4.78 is 0. The van der Waals surface area contributed by atoms with E-state index in [-0.39, 0.29) is 18.1 Å². The molecule has 0 aromatic heterocycles. The average molecular weight is 201 g/mol. The molecule has 0 radical (unpaired) electrons. The fourth-order valence-electron chi connectivity index (χ4n) is 1.70. The third-order valence-electron chi connectivity index (χ3n) is 3.01. The van der Waals surface area contributed by atoms with Crippen LogP contribution in [0, 0.1) is 10.8 Å². The molecule has 0 spiro atoms. The summed E-state index contributed by atoms with van der Waals surface area (Å²) in [5, 5.41) is 9.14. The molecule has 2 heteroatoms. The van der Waals surface area contributed by atoms with E-state index in [1.807, 2.05) is 0 Å². The van der Waals surface area contributed by atoms with Crippen LogP contribution in [0.2, 0.25) is 0 Å². The maximum atomic E-state index is 9.14. The van der Waals surface area contributed by atoms with E-state index in [4.69, 9.17) is 10.8 Å². The van der Waals surface area contributed by atoms with Crippen LogP contribution in [0.25, 0.3) is 0 Å². The maximum Gasteiger partial charge on any atom is 0.0482 e. The molecule has 0 heterocycles. The number of aliphatic hydroxyl groups excluding tert-OH is 1. The van der Waals surface area contributed by atoms with Crippen molar-refractivity contribution in [2.24, 2.45) is 16.6 Å². The second-order valence-corrected chi connectivity index (χ2v) is 6.01. The predicted molar refractivity (Wildman–Crippen MR) is 62.1 cm³/mol. The van der Waals surface area contributed by atoms with Gasteiger partial charge in [0.05, 0.1) is 0 Å². The van der Waals surface area contributed by atoms with Crippen molar-refractivity contribution in [3.63, 3.8) is 0 Å². The van der Waals surface area contributed by atoms with Gasteiger partial charge in [0.2, 0.25) is 0 Å². The minimum absolute atomic E-state index is 0.0385. The lowest BCUT2D eigenvalue weighted by molar-refractivity contribution is 0.132. The van der Waals surface area contributed by atoms with Crippen LogP contribution in [-0.4, -0.2) is 17.8 Å². The van der Waals surface area contributed by atoms with Gasteiger partial charge in [-0.25, -0.2) is 0 Å². The standard InChI is InChI=1S/C12H27NO/c1-6-11(2,3)7-10(13)8-12(4,5)9-14/h10,14H,6-9,13H2,1-5H3. The molecule has 0 rings (SSSR count). The molecule has 1 atom stereocenters. The van der Waals surface area contributed by atoms with Gasteiger partial charge in [0.25, 0.3) is 0 Å². The Morgan fingerprint density at radius 2 is 1.50 bits per heavy atom. The smallest absolute Gasteiger partial charge is 0.0482 e.